The Morgan fingerprint density at radius 3 is 2.22 bits per heavy atom. The summed E-state index contributed by atoms with van der Waals surface area (Å²) >= 11 is 5.48. The zero-order valence-corrected chi connectivity index (χ0v) is 14.9. The van der Waals surface area contributed by atoms with Crippen molar-refractivity contribution in [2.24, 2.45) is 0 Å². The average molecular weight is 329 g/mol. The van der Waals surface area contributed by atoms with Crippen LogP contribution in [-0.2, 0) is 0 Å². The minimum Gasteiger partial charge on any atom is -0.357 e. The van der Waals surface area contributed by atoms with Crippen LogP contribution in [0, 0.1) is 6.92 Å². The van der Waals surface area contributed by atoms with Gasteiger partial charge in [-0.1, -0.05) is 60.2 Å². The molecule has 0 heterocycles. The van der Waals surface area contributed by atoms with Gasteiger partial charge in [0.2, 0.25) is 0 Å². The number of aryl methyl sites for hydroxylation is 1. The van der Waals surface area contributed by atoms with E-state index in [1.165, 1.54) is 21.6 Å². The lowest BCUT2D eigenvalue weighted by molar-refractivity contribution is -0.856. The molecule has 122 valence electrons. The highest BCUT2D eigenvalue weighted by Gasteiger charge is 2.14. The predicted octanol–water partition coefficient (Wildman–Crippen LogP) is 1.69. The second-order valence-corrected chi connectivity index (χ2v) is 6.52. The zero-order chi connectivity index (χ0) is 16.7. The Morgan fingerprint density at radius 1 is 1.00 bits per heavy atom. The van der Waals surface area contributed by atoms with Crippen molar-refractivity contribution in [2.75, 3.05) is 27.2 Å². The summed E-state index contributed by atoms with van der Waals surface area (Å²) in [7, 11) is 4.27. The lowest BCUT2D eigenvalue weighted by Crippen LogP contribution is -3.06. The van der Waals surface area contributed by atoms with Crippen LogP contribution in [0.25, 0.3) is 0 Å². The summed E-state index contributed by atoms with van der Waals surface area (Å²) in [4.78, 5) is 1.40. The number of thiocarbonyl (C=S) groups is 1. The van der Waals surface area contributed by atoms with Gasteiger partial charge in [-0.05, 0) is 30.3 Å². The molecule has 23 heavy (non-hydrogen) atoms. The Labute approximate surface area is 144 Å². The summed E-state index contributed by atoms with van der Waals surface area (Å²) in [5.41, 5.74) is 3.68. The van der Waals surface area contributed by atoms with Crippen molar-refractivity contribution in [3.8, 4) is 0 Å². The zero-order valence-electron chi connectivity index (χ0n) is 14.1. The fourth-order valence-corrected chi connectivity index (χ4v) is 2.59. The third-order valence-corrected chi connectivity index (χ3v) is 3.99. The van der Waals surface area contributed by atoms with Crippen molar-refractivity contribution in [2.45, 2.75) is 13.0 Å². The van der Waals surface area contributed by atoms with E-state index in [4.69, 9.17) is 12.2 Å². The van der Waals surface area contributed by atoms with Crippen LogP contribution >= 0.6 is 12.2 Å². The van der Waals surface area contributed by atoms with Crippen LogP contribution in [0.4, 0.5) is 0 Å². The van der Waals surface area contributed by atoms with E-state index in [0.29, 0.717) is 5.11 Å². The minimum absolute atomic E-state index is 0.0588. The Balaban J connectivity index is 2.11. The van der Waals surface area contributed by atoms with E-state index >= 15 is 0 Å². The average Bonchev–Trinajstić information content (AvgIpc) is 2.54. The maximum absolute atomic E-state index is 5.48. The molecule has 0 amide bonds. The van der Waals surface area contributed by atoms with Gasteiger partial charge < -0.3 is 15.5 Å². The molecular weight excluding hydrogens is 302 g/mol. The molecule has 2 aromatic carbocycles. The van der Waals surface area contributed by atoms with Gasteiger partial charge in [0.25, 0.3) is 0 Å². The maximum Gasteiger partial charge on any atom is 0.167 e. The molecule has 2 aromatic rings. The van der Waals surface area contributed by atoms with Crippen LogP contribution < -0.4 is 15.5 Å². The Hall–Kier alpha value is -1.91. The normalized spacial score (nSPS) is 12.0. The van der Waals surface area contributed by atoms with Crippen molar-refractivity contribution in [3.63, 3.8) is 0 Å². The molecule has 1 atom stereocenters. The van der Waals surface area contributed by atoms with Crippen molar-refractivity contribution in [3.05, 3.63) is 71.3 Å². The Kier molecular flexibility index (Phi) is 6.56. The monoisotopic (exact) mass is 328 g/mol. The highest BCUT2D eigenvalue weighted by Crippen LogP contribution is 2.22. The molecule has 0 bridgehead atoms. The molecular formula is C19H26N3S+. The molecule has 0 aliphatic rings. The van der Waals surface area contributed by atoms with Crippen molar-refractivity contribution < 1.29 is 4.90 Å². The molecule has 3 N–H and O–H groups in total. The molecule has 3 nitrogen and oxygen atoms in total. The predicted molar refractivity (Wildman–Crippen MR) is 101 cm³/mol. The molecule has 0 aromatic heterocycles. The first kappa shape index (κ1) is 17.4. The second-order valence-electron chi connectivity index (χ2n) is 6.11. The first-order valence-corrected chi connectivity index (χ1v) is 8.42. The number of quaternary nitrogens is 1. The molecule has 0 saturated heterocycles. The minimum atomic E-state index is 0.0588. The SMILES string of the molecule is Cc1ccc([C@@H](NC(=S)NCC[NH+](C)C)c2ccccc2)cc1. The van der Waals surface area contributed by atoms with Gasteiger partial charge in [-0.3, -0.25) is 0 Å². The van der Waals surface area contributed by atoms with E-state index in [2.05, 4.69) is 80.2 Å². The van der Waals surface area contributed by atoms with Crippen molar-refractivity contribution in [1.82, 2.24) is 10.6 Å². The van der Waals surface area contributed by atoms with Gasteiger partial charge in [-0.15, -0.1) is 0 Å². The van der Waals surface area contributed by atoms with Gasteiger partial charge in [0.05, 0.1) is 33.2 Å². The summed E-state index contributed by atoms with van der Waals surface area (Å²) < 4.78 is 0. The van der Waals surface area contributed by atoms with E-state index in [9.17, 15) is 0 Å². The molecule has 0 aliphatic heterocycles. The summed E-state index contributed by atoms with van der Waals surface area (Å²) in [5, 5.41) is 7.44. The van der Waals surface area contributed by atoms with E-state index in [-0.39, 0.29) is 6.04 Å². The number of benzene rings is 2. The summed E-state index contributed by atoms with van der Waals surface area (Å²) in [6.45, 7) is 4.00. The second kappa shape index (κ2) is 8.65. The smallest absolute Gasteiger partial charge is 0.167 e. The third kappa shape index (κ3) is 5.66. The Morgan fingerprint density at radius 2 is 1.61 bits per heavy atom. The molecule has 2 rings (SSSR count). The van der Waals surface area contributed by atoms with Crippen LogP contribution in [0.15, 0.2) is 54.6 Å². The van der Waals surface area contributed by atoms with Crippen LogP contribution in [0.1, 0.15) is 22.7 Å². The number of likely N-dealkylation sites (N-methyl/N-ethyl adjacent to an activating group) is 1. The van der Waals surface area contributed by atoms with Crippen molar-refractivity contribution in [1.29, 1.82) is 0 Å². The van der Waals surface area contributed by atoms with Gasteiger partial charge in [-0.2, -0.15) is 0 Å². The first-order valence-electron chi connectivity index (χ1n) is 8.01. The van der Waals surface area contributed by atoms with Crippen LogP contribution in [0.2, 0.25) is 0 Å². The lowest BCUT2D eigenvalue weighted by Gasteiger charge is -2.22. The van der Waals surface area contributed by atoms with E-state index < -0.39 is 0 Å². The number of rotatable bonds is 6. The number of nitrogens with one attached hydrogen (secondary N) is 3. The molecule has 0 saturated carbocycles. The Bertz CT molecular complexity index is 608. The molecule has 0 fully saturated rings. The highest BCUT2D eigenvalue weighted by atomic mass is 32.1. The van der Waals surface area contributed by atoms with E-state index in [1.54, 1.807) is 0 Å². The van der Waals surface area contributed by atoms with E-state index in [0.717, 1.165) is 13.1 Å². The first-order chi connectivity index (χ1) is 11.1. The number of hydrogen-bond donors (Lipinski definition) is 3. The standard InChI is InChI=1S/C19H25N3S/c1-15-9-11-17(12-10-15)18(16-7-5-4-6-8-16)21-19(23)20-13-14-22(2)3/h4-12,18H,13-14H2,1-3H3,(H2,20,21,23)/p+1/t18-/m0/s1. The summed E-state index contributed by atoms with van der Waals surface area (Å²) in [6.07, 6.45) is 0. The molecule has 0 radical (unpaired) electrons. The fourth-order valence-electron chi connectivity index (χ4n) is 2.37. The van der Waals surface area contributed by atoms with Gasteiger partial charge in [0.1, 0.15) is 0 Å². The maximum atomic E-state index is 5.48. The summed E-state index contributed by atoms with van der Waals surface area (Å²) in [5.74, 6) is 0. The van der Waals surface area contributed by atoms with Crippen molar-refractivity contribution >= 4 is 17.3 Å². The largest absolute Gasteiger partial charge is 0.357 e. The molecule has 4 heteroatoms. The van der Waals surface area contributed by atoms with Crippen LogP contribution in [-0.4, -0.2) is 32.3 Å². The molecule has 0 unspecified atom stereocenters. The summed E-state index contributed by atoms with van der Waals surface area (Å²) in [6, 6.07) is 19.1. The molecule has 0 aliphatic carbocycles. The lowest BCUT2D eigenvalue weighted by atomic mass is 9.98. The number of hydrogen-bond acceptors (Lipinski definition) is 1. The van der Waals surface area contributed by atoms with Crippen LogP contribution in [0.3, 0.4) is 0 Å². The fraction of sp³-hybridized carbons (Fsp3) is 0.316. The highest BCUT2D eigenvalue weighted by molar-refractivity contribution is 7.80. The van der Waals surface area contributed by atoms with Crippen LogP contribution in [0.5, 0.6) is 0 Å². The van der Waals surface area contributed by atoms with E-state index in [1.807, 2.05) is 6.07 Å². The van der Waals surface area contributed by atoms with Gasteiger partial charge in [0, 0.05) is 0 Å². The molecule has 0 spiro atoms. The third-order valence-electron chi connectivity index (χ3n) is 3.73. The van der Waals surface area contributed by atoms with Gasteiger partial charge >= 0.3 is 0 Å². The van der Waals surface area contributed by atoms with Gasteiger partial charge in [-0.25, -0.2) is 0 Å². The topological polar surface area (TPSA) is 28.5 Å². The van der Waals surface area contributed by atoms with Gasteiger partial charge in [0.15, 0.2) is 5.11 Å². The quantitative estimate of drug-likeness (QED) is 0.705.